The Hall–Kier alpha value is -1.95. The molecule has 2 aromatic rings. The highest BCUT2D eigenvalue weighted by Crippen LogP contribution is 2.26. The molecule has 1 aromatic heterocycles. The lowest BCUT2D eigenvalue weighted by Gasteiger charge is -2.15. The third kappa shape index (κ3) is 4.01. The Morgan fingerprint density at radius 1 is 1.43 bits per heavy atom. The van der Waals surface area contributed by atoms with E-state index in [4.69, 9.17) is 9.26 Å². The van der Waals surface area contributed by atoms with Crippen LogP contribution in [0.5, 0.6) is 5.75 Å². The zero-order valence-corrected chi connectivity index (χ0v) is 12.5. The van der Waals surface area contributed by atoms with Gasteiger partial charge in [0.2, 0.25) is 11.7 Å². The van der Waals surface area contributed by atoms with E-state index in [9.17, 15) is 4.39 Å². The van der Waals surface area contributed by atoms with Crippen molar-refractivity contribution in [2.24, 2.45) is 0 Å². The predicted octanol–water partition coefficient (Wildman–Crippen LogP) is 3.02. The summed E-state index contributed by atoms with van der Waals surface area (Å²) in [5.41, 5.74) is 0.759. The average molecular weight is 293 g/mol. The number of benzene rings is 1. The summed E-state index contributed by atoms with van der Waals surface area (Å²) in [7, 11) is 1.82. The van der Waals surface area contributed by atoms with Gasteiger partial charge in [0, 0.05) is 18.0 Å². The molecular weight excluding hydrogens is 273 g/mol. The van der Waals surface area contributed by atoms with Crippen molar-refractivity contribution in [1.29, 1.82) is 0 Å². The van der Waals surface area contributed by atoms with Crippen LogP contribution in [0.15, 0.2) is 22.7 Å². The molecular formula is C15H20FN3O2. The van der Waals surface area contributed by atoms with E-state index in [1.54, 1.807) is 6.07 Å². The van der Waals surface area contributed by atoms with Gasteiger partial charge >= 0.3 is 0 Å². The van der Waals surface area contributed by atoms with Crippen LogP contribution in [0.3, 0.4) is 0 Å². The third-order valence-electron chi connectivity index (χ3n) is 3.20. The van der Waals surface area contributed by atoms with Crippen LogP contribution in [-0.2, 0) is 13.0 Å². The quantitative estimate of drug-likeness (QED) is 0.850. The number of nitrogens with one attached hydrogen (secondary N) is 1. The van der Waals surface area contributed by atoms with Gasteiger partial charge in [-0.25, -0.2) is 4.39 Å². The Kier molecular flexibility index (Phi) is 5.27. The second-order valence-electron chi connectivity index (χ2n) is 4.84. The number of hydrogen-bond acceptors (Lipinski definition) is 5. The van der Waals surface area contributed by atoms with Crippen LogP contribution in [0.4, 0.5) is 4.39 Å². The molecule has 0 radical (unpaired) electrons. The first-order chi connectivity index (χ1) is 10.1. The Bertz CT molecular complexity index is 586. The molecule has 0 saturated heterocycles. The molecule has 1 unspecified atom stereocenters. The minimum absolute atomic E-state index is 0.0170. The fourth-order valence-corrected chi connectivity index (χ4v) is 1.95. The molecule has 1 aromatic carbocycles. The van der Waals surface area contributed by atoms with Crippen LogP contribution in [-0.4, -0.2) is 17.2 Å². The molecule has 0 saturated carbocycles. The monoisotopic (exact) mass is 293 g/mol. The van der Waals surface area contributed by atoms with E-state index < -0.39 is 0 Å². The highest BCUT2D eigenvalue weighted by molar-refractivity contribution is 5.36. The van der Waals surface area contributed by atoms with Crippen molar-refractivity contribution in [3.8, 4) is 5.75 Å². The maximum atomic E-state index is 13.4. The summed E-state index contributed by atoms with van der Waals surface area (Å²) in [5.74, 6) is 1.43. The molecule has 0 amide bonds. The second-order valence-corrected chi connectivity index (χ2v) is 4.84. The van der Waals surface area contributed by atoms with E-state index in [1.165, 1.54) is 12.1 Å². The second kappa shape index (κ2) is 7.17. The molecule has 21 heavy (non-hydrogen) atoms. The van der Waals surface area contributed by atoms with Gasteiger partial charge in [0.15, 0.2) is 6.61 Å². The molecule has 0 bridgehead atoms. The minimum atomic E-state index is -0.288. The zero-order valence-electron chi connectivity index (χ0n) is 12.5. The summed E-state index contributed by atoms with van der Waals surface area (Å²) < 4.78 is 24.2. The van der Waals surface area contributed by atoms with E-state index >= 15 is 0 Å². The molecule has 0 aliphatic carbocycles. The van der Waals surface area contributed by atoms with Crippen molar-refractivity contribution < 1.29 is 13.7 Å². The van der Waals surface area contributed by atoms with Gasteiger partial charge < -0.3 is 14.6 Å². The summed E-state index contributed by atoms with van der Waals surface area (Å²) in [6.07, 6.45) is 1.70. The molecule has 6 heteroatoms. The number of nitrogens with zero attached hydrogens (tertiary/aromatic N) is 2. The van der Waals surface area contributed by atoms with Crippen LogP contribution < -0.4 is 10.1 Å². The van der Waals surface area contributed by atoms with Gasteiger partial charge in [0.05, 0.1) is 0 Å². The van der Waals surface area contributed by atoms with Crippen molar-refractivity contribution in [2.75, 3.05) is 7.05 Å². The minimum Gasteiger partial charge on any atom is -0.485 e. The van der Waals surface area contributed by atoms with Crippen molar-refractivity contribution in [1.82, 2.24) is 15.5 Å². The van der Waals surface area contributed by atoms with Gasteiger partial charge in [-0.3, -0.25) is 0 Å². The summed E-state index contributed by atoms with van der Waals surface area (Å²) in [5, 5.41) is 6.93. The molecule has 1 N–H and O–H groups in total. The number of hydrogen-bond donors (Lipinski definition) is 1. The first-order valence-electron chi connectivity index (χ1n) is 7.05. The number of rotatable bonds is 7. The van der Waals surface area contributed by atoms with E-state index in [0.29, 0.717) is 17.5 Å². The number of aromatic nitrogens is 2. The maximum absolute atomic E-state index is 13.4. The van der Waals surface area contributed by atoms with Crippen LogP contribution in [0, 0.1) is 5.82 Å². The highest BCUT2D eigenvalue weighted by Gasteiger charge is 2.13. The van der Waals surface area contributed by atoms with Crippen molar-refractivity contribution in [3.05, 3.63) is 41.3 Å². The highest BCUT2D eigenvalue weighted by atomic mass is 19.1. The van der Waals surface area contributed by atoms with Gasteiger partial charge in [-0.2, -0.15) is 4.98 Å². The normalized spacial score (nSPS) is 12.4. The van der Waals surface area contributed by atoms with Crippen LogP contribution in [0.1, 0.15) is 43.6 Å². The third-order valence-corrected chi connectivity index (χ3v) is 3.20. The van der Waals surface area contributed by atoms with Crippen molar-refractivity contribution in [2.45, 2.75) is 39.3 Å². The van der Waals surface area contributed by atoms with E-state index in [-0.39, 0.29) is 18.5 Å². The fraction of sp³-hybridized carbons (Fsp3) is 0.467. The number of ether oxygens (including phenoxy) is 1. The van der Waals surface area contributed by atoms with Crippen molar-refractivity contribution in [3.63, 3.8) is 0 Å². The summed E-state index contributed by atoms with van der Waals surface area (Å²) in [6.45, 7) is 4.18. The van der Waals surface area contributed by atoms with Gasteiger partial charge in [-0.1, -0.05) is 12.1 Å². The topological polar surface area (TPSA) is 60.2 Å². The zero-order chi connectivity index (χ0) is 15.2. The Morgan fingerprint density at radius 2 is 2.24 bits per heavy atom. The number of halogens is 1. The lowest BCUT2D eigenvalue weighted by Crippen LogP contribution is -2.14. The number of aryl methyl sites for hydroxylation is 1. The molecule has 114 valence electrons. The van der Waals surface area contributed by atoms with Crippen LogP contribution in [0.25, 0.3) is 0 Å². The van der Waals surface area contributed by atoms with Gasteiger partial charge in [-0.15, -0.1) is 0 Å². The fourth-order valence-electron chi connectivity index (χ4n) is 1.95. The van der Waals surface area contributed by atoms with E-state index in [2.05, 4.69) is 15.5 Å². The molecule has 2 rings (SSSR count). The molecule has 1 atom stereocenters. The standard InChI is InChI=1S/C15H20FN3O2/c1-4-5-15-18-14(19-21-15)9-20-13-7-6-11(16)8-12(13)10(2)17-3/h6-8,10,17H,4-5,9H2,1-3H3. The Balaban J connectivity index is 2.08. The van der Waals surface area contributed by atoms with E-state index in [1.807, 2.05) is 20.9 Å². The lowest BCUT2D eigenvalue weighted by atomic mass is 10.1. The van der Waals surface area contributed by atoms with Gasteiger partial charge in [0.1, 0.15) is 11.6 Å². The Morgan fingerprint density at radius 3 is 2.95 bits per heavy atom. The largest absolute Gasteiger partial charge is 0.485 e. The molecule has 5 nitrogen and oxygen atoms in total. The maximum Gasteiger partial charge on any atom is 0.226 e. The first kappa shape index (κ1) is 15.4. The SMILES string of the molecule is CCCc1nc(COc2ccc(F)cc2C(C)NC)no1. The molecule has 0 aliphatic rings. The Labute approximate surface area is 123 Å². The summed E-state index contributed by atoms with van der Waals surface area (Å²) in [6, 6.07) is 4.44. The molecule has 0 fully saturated rings. The summed E-state index contributed by atoms with van der Waals surface area (Å²) >= 11 is 0. The van der Waals surface area contributed by atoms with Crippen LogP contribution >= 0.6 is 0 Å². The average Bonchev–Trinajstić information content (AvgIpc) is 2.93. The smallest absolute Gasteiger partial charge is 0.226 e. The molecule has 0 spiro atoms. The van der Waals surface area contributed by atoms with E-state index in [0.717, 1.165) is 18.4 Å². The first-order valence-corrected chi connectivity index (χ1v) is 7.05. The molecule has 1 heterocycles. The predicted molar refractivity (Wildman–Crippen MR) is 76.5 cm³/mol. The molecule has 0 aliphatic heterocycles. The van der Waals surface area contributed by atoms with Crippen molar-refractivity contribution >= 4 is 0 Å². The van der Waals surface area contributed by atoms with Gasteiger partial charge in [0.25, 0.3) is 0 Å². The lowest BCUT2D eigenvalue weighted by molar-refractivity contribution is 0.280. The van der Waals surface area contributed by atoms with Gasteiger partial charge in [-0.05, 0) is 38.6 Å². The summed E-state index contributed by atoms with van der Waals surface area (Å²) in [4.78, 5) is 4.23. The van der Waals surface area contributed by atoms with Crippen LogP contribution in [0.2, 0.25) is 0 Å².